The van der Waals surface area contributed by atoms with Gasteiger partial charge in [-0.25, -0.2) is 4.98 Å². The number of fused-ring (bicyclic) bond motifs is 1. The number of hydrogen-bond donors (Lipinski definition) is 1. The lowest BCUT2D eigenvalue weighted by Gasteiger charge is -2.13. The maximum Gasteiger partial charge on any atom is 0.164 e. The van der Waals surface area contributed by atoms with Crippen molar-refractivity contribution >= 4 is 0 Å². The lowest BCUT2D eigenvalue weighted by Crippen LogP contribution is -2.18. The third-order valence-corrected chi connectivity index (χ3v) is 3.82. The second-order valence-corrected chi connectivity index (χ2v) is 5.10. The highest BCUT2D eigenvalue weighted by atomic mass is 16.5. The summed E-state index contributed by atoms with van der Waals surface area (Å²) in [6, 6.07) is 6.89. The van der Waals surface area contributed by atoms with E-state index in [1.807, 2.05) is 13.1 Å². The molecule has 1 atom stereocenters. The molecule has 1 aromatic carbocycles. The molecule has 106 valence electrons. The first-order valence-corrected chi connectivity index (χ1v) is 7.10. The SMILES string of the molecule is CCNC1CCc2cc(OCc3ncnn3C)ccc21. The van der Waals surface area contributed by atoms with E-state index in [-0.39, 0.29) is 0 Å². The van der Waals surface area contributed by atoms with Crippen LogP contribution < -0.4 is 10.1 Å². The number of aryl methyl sites for hydroxylation is 2. The molecule has 1 aliphatic carbocycles. The maximum absolute atomic E-state index is 5.81. The number of ether oxygens (including phenoxy) is 1. The molecule has 0 saturated carbocycles. The molecular weight excluding hydrogens is 252 g/mol. The molecule has 20 heavy (non-hydrogen) atoms. The van der Waals surface area contributed by atoms with Crippen LogP contribution in [0.15, 0.2) is 24.5 Å². The third kappa shape index (κ3) is 2.54. The first-order chi connectivity index (χ1) is 9.78. The molecule has 1 heterocycles. The molecule has 1 unspecified atom stereocenters. The highest BCUT2D eigenvalue weighted by Gasteiger charge is 2.21. The minimum absolute atomic E-state index is 0.450. The number of hydrogen-bond acceptors (Lipinski definition) is 4. The zero-order chi connectivity index (χ0) is 13.9. The van der Waals surface area contributed by atoms with Crippen molar-refractivity contribution in [2.75, 3.05) is 6.54 Å². The summed E-state index contributed by atoms with van der Waals surface area (Å²) in [7, 11) is 1.87. The van der Waals surface area contributed by atoms with Crippen molar-refractivity contribution in [3.63, 3.8) is 0 Å². The Morgan fingerprint density at radius 3 is 3.10 bits per heavy atom. The van der Waals surface area contributed by atoms with Gasteiger partial charge in [-0.05, 0) is 42.6 Å². The van der Waals surface area contributed by atoms with E-state index in [1.165, 1.54) is 17.5 Å². The summed E-state index contributed by atoms with van der Waals surface area (Å²) in [5.41, 5.74) is 2.81. The van der Waals surface area contributed by atoms with Gasteiger partial charge in [0.2, 0.25) is 0 Å². The van der Waals surface area contributed by atoms with Crippen molar-refractivity contribution in [2.45, 2.75) is 32.4 Å². The van der Waals surface area contributed by atoms with Crippen LogP contribution in [0.5, 0.6) is 5.75 Å². The number of rotatable bonds is 5. The monoisotopic (exact) mass is 272 g/mol. The third-order valence-electron chi connectivity index (χ3n) is 3.82. The predicted octanol–water partition coefficient (Wildman–Crippen LogP) is 1.99. The van der Waals surface area contributed by atoms with Crippen LogP contribution in [-0.4, -0.2) is 21.3 Å². The molecule has 1 aromatic heterocycles. The fraction of sp³-hybridized carbons (Fsp3) is 0.467. The van der Waals surface area contributed by atoms with E-state index in [2.05, 4.69) is 34.5 Å². The molecule has 1 aliphatic rings. The quantitative estimate of drug-likeness (QED) is 0.904. The molecule has 0 amide bonds. The summed E-state index contributed by atoms with van der Waals surface area (Å²) in [4.78, 5) is 4.16. The Balaban J connectivity index is 1.69. The van der Waals surface area contributed by atoms with Crippen molar-refractivity contribution < 1.29 is 4.74 Å². The fourth-order valence-corrected chi connectivity index (χ4v) is 2.74. The van der Waals surface area contributed by atoms with Crippen molar-refractivity contribution in [2.24, 2.45) is 7.05 Å². The van der Waals surface area contributed by atoms with E-state index >= 15 is 0 Å². The highest BCUT2D eigenvalue weighted by Crippen LogP contribution is 2.33. The van der Waals surface area contributed by atoms with Crippen LogP contribution in [0.1, 0.15) is 36.3 Å². The Bertz CT molecular complexity index is 593. The van der Waals surface area contributed by atoms with E-state index in [9.17, 15) is 0 Å². The molecule has 0 spiro atoms. The molecule has 5 heteroatoms. The van der Waals surface area contributed by atoms with Gasteiger partial charge in [-0.1, -0.05) is 13.0 Å². The summed E-state index contributed by atoms with van der Waals surface area (Å²) in [6.45, 7) is 3.61. The zero-order valence-electron chi connectivity index (χ0n) is 12.0. The van der Waals surface area contributed by atoms with Crippen LogP contribution >= 0.6 is 0 Å². The first kappa shape index (κ1) is 13.1. The van der Waals surface area contributed by atoms with E-state index in [0.29, 0.717) is 12.6 Å². The molecule has 0 fully saturated rings. The van der Waals surface area contributed by atoms with Gasteiger partial charge in [0.15, 0.2) is 5.82 Å². The Morgan fingerprint density at radius 1 is 1.45 bits per heavy atom. The van der Waals surface area contributed by atoms with E-state index in [1.54, 1.807) is 11.0 Å². The van der Waals surface area contributed by atoms with Crippen molar-refractivity contribution in [1.82, 2.24) is 20.1 Å². The molecule has 0 bridgehead atoms. The summed E-state index contributed by atoms with van der Waals surface area (Å²) < 4.78 is 7.54. The Morgan fingerprint density at radius 2 is 2.35 bits per heavy atom. The van der Waals surface area contributed by atoms with Gasteiger partial charge in [0.25, 0.3) is 0 Å². The van der Waals surface area contributed by atoms with Gasteiger partial charge < -0.3 is 10.1 Å². The smallest absolute Gasteiger partial charge is 0.164 e. The standard InChI is InChI=1S/C15H20N4O/c1-3-16-14-7-4-11-8-12(5-6-13(11)14)20-9-15-17-10-18-19(15)2/h5-6,8,10,14,16H,3-4,7,9H2,1-2H3. The average molecular weight is 272 g/mol. The van der Waals surface area contributed by atoms with Crippen LogP contribution in [0.25, 0.3) is 0 Å². The van der Waals surface area contributed by atoms with E-state index in [0.717, 1.165) is 24.5 Å². The molecular formula is C15H20N4O. The Hall–Kier alpha value is -1.88. The average Bonchev–Trinajstić information content (AvgIpc) is 3.04. The van der Waals surface area contributed by atoms with Crippen LogP contribution in [0, 0.1) is 0 Å². The second kappa shape index (κ2) is 5.63. The summed E-state index contributed by atoms with van der Waals surface area (Å²) in [5, 5.41) is 7.55. The van der Waals surface area contributed by atoms with Gasteiger partial charge in [0, 0.05) is 13.1 Å². The lowest BCUT2D eigenvalue weighted by atomic mass is 10.1. The molecule has 5 nitrogen and oxygen atoms in total. The number of nitrogens with zero attached hydrogens (tertiary/aromatic N) is 3. The fourth-order valence-electron chi connectivity index (χ4n) is 2.74. The predicted molar refractivity (Wildman–Crippen MR) is 76.5 cm³/mol. The van der Waals surface area contributed by atoms with Gasteiger partial charge >= 0.3 is 0 Å². The Kier molecular flexibility index (Phi) is 3.69. The molecule has 1 N–H and O–H groups in total. The van der Waals surface area contributed by atoms with Gasteiger partial charge in [-0.15, -0.1) is 0 Å². The van der Waals surface area contributed by atoms with E-state index in [4.69, 9.17) is 4.74 Å². The maximum atomic E-state index is 5.81. The van der Waals surface area contributed by atoms with Gasteiger partial charge in [0.05, 0.1) is 0 Å². The van der Waals surface area contributed by atoms with Crippen LogP contribution in [0.4, 0.5) is 0 Å². The van der Waals surface area contributed by atoms with Crippen LogP contribution in [0.2, 0.25) is 0 Å². The minimum Gasteiger partial charge on any atom is -0.486 e. The molecule has 3 rings (SSSR count). The normalized spacial score (nSPS) is 17.2. The number of benzene rings is 1. The molecule has 0 aliphatic heterocycles. The van der Waals surface area contributed by atoms with Gasteiger partial charge in [-0.2, -0.15) is 5.10 Å². The van der Waals surface area contributed by atoms with Crippen molar-refractivity contribution in [3.8, 4) is 5.75 Å². The molecule has 0 radical (unpaired) electrons. The van der Waals surface area contributed by atoms with E-state index < -0.39 is 0 Å². The largest absolute Gasteiger partial charge is 0.486 e. The molecule has 2 aromatic rings. The summed E-state index contributed by atoms with van der Waals surface area (Å²) >= 11 is 0. The number of nitrogens with one attached hydrogen (secondary N) is 1. The lowest BCUT2D eigenvalue weighted by molar-refractivity contribution is 0.289. The summed E-state index contributed by atoms with van der Waals surface area (Å²) in [6.07, 6.45) is 3.84. The van der Waals surface area contributed by atoms with Crippen molar-refractivity contribution in [1.29, 1.82) is 0 Å². The van der Waals surface area contributed by atoms with Crippen LogP contribution in [-0.2, 0) is 20.1 Å². The van der Waals surface area contributed by atoms with Crippen LogP contribution in [0.3, 0.4) is 0 Å². The highest BCUT2D eigenvalue weighted by molar-refractivity contribution is 5.40. The molecule has 0 saturated heterocycles. The van der Waals surface area contributed by atoms with Gasteiger partial charge in [0.1, 0.15) is 18.7 Å². The Labute approximate surface area is 119 Å². The number of aromatic nitrogens is 3. The van der Waals surface area contributed by atoms with Gasteiger partial charge in [-0.3, -0.25) is 4.68 Å². The first-order valence-electron chi connectivity index (χ1n) is 7.10. The topological polar surface area (TPSA) is 52.0 Å². The van der Waals surface area contributed by atoms with Crippen molar-refractivity contribution in [3.05, 3.63) is 41.5 Å². The summed E-state index contributed by atoms with van der Waals surface area (Å²) in [5.74, 6) is 1.74. The zero-order valence-corrected chi connectivity index (χ0v) is 12.0. The minimum atomic E-state index is 0.450. The second-order valence-electron chi connectivity index (χ2n) is 5.10.